The lowest BCUT2D eigenvalue weighted by Crippen LogP contribution is -2.60. The van der Waals surface area contributed by atoms with E-state index in [2.05, 4.69) is 0 Å². The van der Waals surface area contributed by atoms with E-state index in [4.69, 9.17) is 33.2 Å². The van der Waals surface area contributed by atoms with Gasteiger partial charge < -0.3 is 53.6 Å². The monoisotopic (exact) mass is 506 g/mol. The Hall–Kier alpha value is -3.62. The molecule has 2 aromatic carbocycles. The zero-order chi connectivity index (χ0) is 25.6. The fourth-order valence-electron chi connectivity index (χ4n) is 4.01. The molecule has 3 aliphatic rings. The summed E-state index contributed by atoms with van der Waals surface area (Å²) in [4.78, 5) is 26.2. The van der Waals surface area contributed by atoms with Crippen LogP contribution in [0.15, 0.2) is 24.3 Å². The van der Waals surface area contributed by atoms with Gasteiger partial charge in [-0.1, -0.05) is 0 Å². The summed E-state index contributed by atoms with van der Waals surface area (Å²) in [5.74, 6) is -0.982. The van der Waals surface area contributed by atoms with Crippen molar-refractivity contribution in [3.8, 4) is 34.5 Å². The van der Waals surface area contributed by atoms with Gasteiger partial charge in [0.1, 0.15) is 24.4 Å². The van der Waals surface area contributed by atoms with Gasteiger partial charge in [-0.05, 0) is 24.3 Å². The number of fused-ring (bicyclic) bond motifs is 2. The molecule has 0 spiro atoms. The first-order valence-corrected chi connectivity index (χ1v) is 10.8. The fourth-order valence-corrected chi connectivity index (χ4v) is 4.01. The van der Waals surface area contributed by atoms with Crippen molar-refractivity contribution in [1.29, 1.82) is 0 Å². The molecular weight excluding hydrogens is 484 g/mol. The number of hydrogen-bond acceptors (Lipinski definition) is 13. The van der Waals surface area contributed by atoms with Crippen molar-refractivity contribution in [2.24, 2.45) is 0 Å². The van der Waals surface area contributed by atoms with Crippen molar-refractivity contribution in [2.75, 3.05) is 27.3 Å². The summed E-state index contributed by atoms with van der Waals surface area (Å²) in [5.41, 5.74) is -0.129. The van der Waals surface area contributed by atoms with E-state index in [1.165, 1.54) is 31.4 Å². The molecular formula is C23H22O13. The normalized spacial score (nSPS) is 26.0. The average Bonchev–Trinajstić information content (AvgIpc) is 3.57. The molecule has 36 heavy (non-hydrogen) atoms. The van der Waals surface area contributed by atoms with Crippen molar-refractivity contribution in [3.63, 3.8) is 0 Å². The molecule has 4 N–H and O–H groups in total. The molecule has 3 aliphatic heterocycles. The van der Waals surface area contributed by atoms with Crippen LogP contribution in [-0.4, -0.2) is 90.0 Å². The molecule has 5 rings (SSSR count). The highest BCUT2D eigenvalue weighted by molar-refractivity contribution is 6.49. The molecule has 3 heterocycles. The Bertz CT molecular complexity index is 1190. The summed E-state index contributed by atoms with van der Waals surface area (Å²) in [7, 11) is 1.38. The second kappa shape index (κ2) is 9.44. The van der Waals surface area contributed by atoms with Crippen molar-refractivity contribution < 1.29 is 63.2 Å². The molecule has 0 amide bonds. The summed E-state index contributed by atoms with van der Waals surface area (Å²) in [5, 5.41) is 39.7. The van der Waals surface area contributed by atoms with Crippen molar-refractivity contribution in [1.82, 2.24) is 0 Å². The van der Waals surface area contributed by atoms with E-state index in [9.17, 15) is 30.0 Å². The van der Waals surface area contributed by atoms with E-state index in [1.807, 2.05) is 0 Å². The highest BCUT2D eigenvalue weighted by Crippen LogP contribution is 2.44. The topological polar surface area (TPSA) is 180 Å². The van der Waals surface area contributed by atoms with Gasteiger partial charge in [0.25, 0.3) is 0 Å². The van der Waals surface area contributed by atoms with Gasteiger partial charge in [-0.15, -0.1) is 0 Å². The Kier molecular flexibility index (Phi) is 6.32. The smallest absolute Gasteiger partial charge is 0.233 e. The van der Waals surface area contributed by atoms with Gasteiger partial charge in [0, 0.05) is 11.1 Å². The lowest BCUT2D eigenvalue weighted by Gasteiger charge is -2.39. The third-order valence-electron chi connectivity index (χ3n) is 5.92. The minimum absolute atomic E-state index is 0.00447. The molecule has 0 saturated carbocycles. The Labute approximate surface area is 203 Å². The number of carbonyl (C=O) groups excluding carboxylic acids is 2. The van der Waals surface area contributed by atoms with Gasteiger partial charge in [0.2, 0.25) is 42.9 Å². The maximum absolute atomic E-state index is 13.1. The van der Waals surface area contributed by atoms with Crippen LogP contribution in [0.5, 0.6) is 34.5 Å². The maximum atomic E-state index is 13.1. The highest BCUT2D eigenvalue weighted by atomic mass is 16.7. The Morgan fingerprint density at radius 1 is 0.833 bits per heavy atom. The molecule has 0 aromatic heterocycles. The van der Waals surface area contributed by atoms with Gasteiger partial charge in [-0.25, -0.2) is 0 Å². The zero-order valence-corrected chi connectivity index (χ0v) is 18.8. The molecule has 2 aromatic rings. The molecule has 1 saturated heterocycles. The predicted octanol–water partition coefficient (Wildman–Crippen LogP) is -0.603. The van der Waals surface area contributed by atoms with Crippen LogP contribution in [0.4, 0.5) is 0 Å². The van der Waals surface area contributed by atoms with Crippen LogP contribution in [-0.2, 0) is 4.74 Å². The number of aliphatic hydroxyl groups is 4. The first-order valence-electron chi connectivity index (χ1n) is 10.8. The first kappa shape index (κ1) is 24.1. The molecule has 192 valence electrons. The zero-order valence-electron chi connectivity index (χ0n) is 18.8. The van der Waals surface area contributed by atoms with Gasteiger partial charge in [-0.3, -0.25) is 9.59 Å². The number of carbonyl (C=O) groups is 2. The first-order chi connectivity index (χ1) is 17.3. The third kappa shape index (κ3) is 4.06. The minimum atomic E-state index is -1.71. The van der Waals surface area contributed by atoms with Gasteiger partial charge in [0.05, 0.1) is 13.7 Å². The van der Waals surface area contributed by atoms with Crippen molar-refractivity contribution in [3.05, 3.63) is 35.4 Å². The van der Waals surface area contributed by atoms with Crippen LogP contribution in [0.3, 0.4) is 0 Å². The Morgan fingerprint density at radius 3 is 1.94 bits per heavy atom. The minimum Gasteiger partial charge on any atom is -0.493 e. The summed E-state index contributed by atoms with van der Waals surface area (Å²) < 4.78 is 37.6. The Balaban J connectivity index is 1.45. The summed E-state index contributed by atoms with van der Waals surface area (Å²) in [6, 6.07) is 5.21. The van der Waals surface area contributed by atoms with E-state index in [0.29, 0.717) is 5.75 Å². The molecule has 1 fully saturated rings. The van der Waals surface area contributed by atoms with E-state index < -0.39 is 48.9 Å². The summed E-state index contributed by atoms with van der Waals surface area (Å²) in [6.45, 7) is -0.919. The van der Waals surface area contributed by atoms with Crippen molar-refractivity contribution in [2.45, 2.75) is 30.7 Å². The molecule has 5 atom stereocenters. The molecule has 13 nitrogen and oxygen atoms in total. The summed E-state index contributed by atoms with van der Waals surface area (Å²) in [6.07, 6.45) is -7.74. The van der Waals surface area contributed by atoms with Crippen molar-refractivity contribution >= 4 is 11.6 Å². The number of benzene rings is 2. The lowest BCUT2D eigenvalue weighted by molar-refractivity contribution is -0.277. The van der Waals surface area contributed by atoms with Crippen LogP contribution >= 0.6 is 0 Å². The number of ether oxygens (including phenoxy) is 7. The van der Waals surface area contributed by atoms with Crippen LogP contribution in [0.1, 0.15) is 20.7 Å². The standard InChI is InChI=1S/C23H22O13/c1-30-11-2-9(3-12-21(11)33-7-31-12)16(25)17(26)10-4-13-22(34-8-32-13)14(5-10)35-23-20(29)19(28)18(27)15(6-24)36-23/h2-5,15,18-20,23-24,27-29H,6-8H2,1H3/t15-,18-,19+,20-,23-/m1/s1. The SMILES string of the molecule is COc1cc(C(=O)C(=O)c2cc3c(c(O[C@@H]4O[C@H](CO)[C@@H](O)[C@H](O)[C@H]4O)c2)OCO3)cc2c1OCO2. The van der Waals surface area contributed by atoms with Gasteiger partial charge in [-0.2, -0.15) is 0 Å². The second-order valence-electron chi connectivity index (χ2n) is 8.09. The van der Waals surface area contributed by atoms with Crippen LogP contribution in [0, 0.1) is 0 Å². The number of ketones is 2. The number of Topliss-reactive ketones (excluding diaryl/α,β-unsaturated/α-hetero) is 2. The second-order valence-corrected chi connectivity index (χ2v) is 8.09. The maximum Gasteiger partial charge on any atom is 0.233 e. The van der Waals surface area contributed by atoms with E-state index in [0.717, 1.165) is 0 Å². The van der Waals surface area contributed by atoms with Gasteiger partial charge >= 0.3 is 0 Å². The van der Waals surface area contributed by atoms with E-state index in [1.54, 1.807) is 0 Å². The molecule has 0 unspecified atom stereocenters. The quantitative estimate of drug-likeness (QED) is 0.276. The number of methoxy groups -OCH3 is 1. The average molecular weight is 506 g/mol. The van der Waals surface area contributed by atoms with Gasteiger partial charge in [0.15, 0.2) is 23.0 Å². The van der Waals surface area contributed by atoms with Crippen LogP contribution < -0.4 is 28.4 Å². The lowest BCUT2D eigenvalue weighted by atomic mass is 9.99. The number of aliphatic hydroxyl groups excluding tert-OH is 4. The van der Waals surface area contributed by atoms with Crippen LogP contribution in [0.2, 0.25) is 0 Å². The summed E-state index contributed by atoms with van der Waals surface area (Å²) >= 11 is 0. The Morgan fingerprint density at radius 2 is 1.39 bits per heavy atom. The number of hydrogen-bond donors (Lipinski definition) is 4. The molecule has 0 bridgehead atoms. The number of rotatable bonds is 7. The predicted molar refractivity (Wildman–Crippen MR) is 115 cm³/mol. The fraction of sp³-hybridized carbons (Fsp3) is 0.391. The molecule has 0 aliphatic carbocycles. The third-order valence-corrected chi connectivity index (χ3v) is 5.92. The van der Waals surface area contributed by atoms with E-state index in [-0.39, 0.29) is 53.5 Å². The van der Waals surface area contributed by atoms with Crippen LogP contribution in [0.25, 0.3) is 0 Å². The molecule has 0 radical (unpaired) electrons. The largest absolute Gasteiger partial charge is 0.493 e. The van der Waals surface area contributed by atoms with E-state index >= 15 is 0 Å². The highest BCUT2D eigenvalue weighted by Gasteiger charge is 2.45. The molecule has 13 heteroatoms.